The van der Waals surface area contributed by atoms with Crippen molar-refractivity contribution in [1.29, 1.82) is 5.26 Å². The highest BCUT2D eigenvalue weighted by Crippen LogP contribution is 2.26. The summed E-state index contributed by atoms with van der Waals surface area (Å²) in [4.78, 5) is 13.2. The molecule has 1 aromatic carbocycles. The molecule has 108 valence electrons. The molecule has 3 nitrogen and oxygen atoms in total. The van der Waals surface area contributed by atoms with Crippen LogP contribution in [0.1, 0.15) is 23.4 Å². The van der Waals surface area contributed by atoms with E-state index in [0.717, 1.165) is 10.4 Å². The van der Waals surface area contributed by atoms with Gasteiger partial charge in [0.15, 0.2) is 0 Å². The molecule has 5 heteroatoms. The first kappa shape index (κ1) is 15.6. The summed E-state index contributed by atoms with van der Waals surface area (Å²) in [6.45, 7) is 1.89. The first-order valence-corrected chi connectivity index (χ1v) is 7.78. The Hall–Kier alpha value is -1.83. The van der Waals surface area contributed by atoms with Gasteiger partial charge in [-0.2, -0.15) is 5.26 Å². The minimum atomic E-state index is -0.690. The molecule has 0 bridgehead atoms. The molecule has 1 aromatic heterocycles. The maximum atomic E-state index is 12.2. The molecule has 2 atom stereocenters. The van der Waals surface area contributed by atoms with Crippen LogP contribution in [0.2, 0.25) is 4.34 Å². The smallest absolute Gasteiger partial charge is 0.238 e. The fourth-order valence-corrected chi connectivity index (χ4v) is 3.06. The predicted molar refractivity (Wildman–Crippen MR) is 85.1 cm³/mol. The summed E-state index contributed by atoms with van der Waals surface area (Å²) in [5, 5.41) is 12.1. The van der Waals surface area contributed by atoms with Gasteiger partial charge in [0.2, 0.25) is 5.91 Å². The van der Waals surface area contributed by atoms with Gasteiger partial charge in [-0.05, 0) is 31.0 Å². The summed E-state index contributed by atoms with van der Waals surface area (Å²) in [6.07, 6.45) is 0.418. The Morgan fingerprint density at radius 3 is 2.62 bits per heavy atom. The molecule has 1 amide bonds. The van der Waals surface area contributed by atoms with Crippen LogP contribution in [-0.2, 0) is 11.2 Å². The second kappa shape index (κ2) is 7.26. The third kappa shape index (κ3) is 4.32. The van der Waals surface area contributed by atoms with E-state index in [4.69, 9.17) is 11.6 Å². The molecule has 0 aliphatic heterocycles. The summed E-state index contributed by atoms with van der Waals surface area (Å²) in [7, 11) is 0. The third-order valence-electron chi connectivity index (χ3n) is 3.13. The van der Waals surface area contributed by atoms with E-state index >= 15 is 0 Å². The van der Waals surface area contributed by atoms with Gasteiger partial charge in [-0.1, -0.05) is 41.9 Å². The normalized spacial score (nSPS) is 13.2. The van der Waals surface area contributed by atoms with E-state index in [1.807, 2.05) is 43.3 Å². The van der Waals surface area contributed by atoms with E-state index in [2.05, 4.69) is 11.4 Å². The van der Waals surface area contributed by atoms with E-state index in [9.17, 15) is 10.1 Å². The van der Waals surface area contributed by atoms with Crippen molar-refractivity contribution < 1.29 is 4.79 Å². The van der Waals surface area contributed by atoms with Crippen molar-refractivity contribution in [3.63, 3.8) is 0 Å². The fraction of sp³-hybridized carbons (Fsp3) is 0.250. The molecule has 21 heavy (non-hydrogen) atoms. The Labute approximate surface area is 133 Å². The third-order valence-corrected chi connectivity index (χ3v) is 4.55. The minimum Gasteiger partial charge on any atom is -0.348 e. The van der Waals surface area contributed by atoms with E-state index in [-0.39, 0.29) is 11.9 Å². The molecule has 0 spiro atoms. The largest absolute Gasteiger partial charge is 0.348 e. The van der Waals surface area contributed by atoms with Crippen LogP contribution in [0, 0.1) is 17.2 Å². The standard InChI is InChI=1S/C16H15ClN2OS/c1-11(14-7-8-15(17)21-14)19-16(20)13(10-18)9-12-5-3-2-4-6-12/h2-8,11,13H,9H2,1H3,(H,19,20). The van der Waals surface area contributed by atoms with Crippen LogP contribution in [0.4, 0.5) is 0 Å². The second-order valence-corrected chi connectivity index (χ2v) is 6.49. The Morgan fingerprint density at radius 1 is 1.33 bits per heavy atom. The SMILES string of the molecule is CC(NC(=O)C(C#N)Cc1ccccc1)c1ccc(Cl)s1. The van der Waals surface area contributed by atoms with E-state index in [0.29, 0.717) is 10.8 Å². The van der Waals surface area contributed by atoms with Gasteiger partial charge in [0.1, 0.15) is 5.92 Å². The number of hydrogen-bond acceptors (Lipinski definition) is 3. The number of carbonyl (C=O) groups is 1. The molecule has 2 unspecified atom stereocenters. The molecule has 0 fully saturated rings. The van der Waals surface area contributed by atoms with Crippen LogP contribution in [0.25, 0.3) is 0 Å². The number of amides is 1. The molecule has 0 aliphatic carbocycles. The Balaban J connectivity index is 1.99. The van der Waals surface area contributed by atoms with Gasteiger partial charge in [-0.15, -0.1) is 11.3 Å². The summed E-state index contributed by atoms with van der Waals surface area (Å²) in [6, 6.07) is 15.2. The number of nitrogens with zero attached hydrogens (tertiary/aromatic N) is 1. The van der Waals surface area contributed by atoms with Gasteiger partial charge in [0, 0.05) is 4.88 Å². The van der Waals surface area contributed by atoms with Crippen molar-refractivity contribution in [2.75, 3.05) is 0 Å². The first-order valence-electron chi connectivity index (χ1n) is 6.59. The number of nitriles is 1. The van der Waals surface area contributed by atoms with Crippen molar-refractivity contribution in [3.8, 4) is 6.07 Å². The van der Waals surface area contributed by atoms with Crippen molar-refractivity contribution >= 4 is 28.8 Å². The molecule has 0 saturated carbocycles. The average molecular weight is 319 g/mol. The molecule has 2 aromatic rings. The summed E-state index contributed by atoms with van der Waals surface area (Å²) < 4.78 is 0.687. The quantitative estimate of drug-likeness (QED) is 0.907. The minimum absolute atomic E-state index is 0.151. The summed E-state index contributed by atoms with van der Waals surface area (Å²) in [5.41, 5.74) is 0.978. The lowest BCUT2D eigenvalue weighted by molar-refractivity contribution is -0.124. The van der Waals surface area contributed by atoms with Crippen LogP contribution in [0.3, 0.4) is 0 Å². The van der Waals surface area contributed by atoms with Crippen LogP contribution in [0.5, 0.6) is 0 Å². The first-order chi connectivity index (χ1) is 10.1. The lowest BCUT2D eigenvalue weighted by Crippen LogP contribution is -2.32. The van der Waals surface area contributed by atoms with Gasteiger partial charge >= 0.3 is 0 Å². The second-order valence-electron chi connectivity index (χ2n) is 4.74. The number of carbonyl (C=O) groups excluding carboxylic acids is 1. The number of nitrogens with one attached hydrogen (secondary N) is 1. The molecular formula is C16H15ClN2OS. The highest BCUT2D eigenvalue weighted by molar-refractivity contribution is 7.16. The van der Waals surface area contributed by atoms with E-state index in [1.54, 1.807) is 6.07 Å². The summed E-state index contributed by atoms with van der Waals surface area (Å²) in [5.74, 6) is -0.941. The predicted octanol–water partition coefficient (Wildman–Crippen LogP) is 3.96. The molecule has 0 saturated heterocycles. The Kier molecular flexibility index (Phi) is 5.38. The monoisotopic (exact) mass is 318 g/mol. The lowest BCUT2D eigenvalue weighted by atomic mass is 9.99. The van der Waals surface area contributed by atoms with Crippen molar-refractivity contribution in [1.82, 2.24) is 5.32 Å². The fourth-order valence-electron chi connectivity index (χ4n) is 1.99. The van der Waals surface area contributed by atoms with E-state index < -0.39 is 5.92 Å². The zero-order chi connectivity index (χ0) is 15.2. The van der Waals surface area contributed by atoms with E-state index in [1.165, 1.54) is 11.3 Å². The molecule has 0 aliphatic rings. The number of thiophene rings is 1. The molecule has 1 heterocycles. The number of rotatable bonds is 5. The zero-order valence-corrected chi connectivity index (χ0v) is 13.1. The maximum Gasteiger partial charge on any atom is 0.238 e. The van der Waals surface area contributed by atoms with Crippen LogP contribution in [0.15, 0.2) is 42.5 Å². The molecule has 0 radical (unpaired) electrons. The summed E-state index contributed by atoms with van der Waals surface area (Å²) >= 11 is 7.32. The topological polar surface area (TPSA) is 52.9 Å². The van der Waals surface area contributed by atoms with Crippen molar-refractivity contribution in [2.45, 2.75) is 19.4 Å². The zero-order valence-electron chi connectivity index (χ0n) is 11.5. The molecule has 2 rings (SSSR count). The van der Waals surface area contributed by atoms with Crippen molar-refractivity contribution in [3.05, 3.63) is 57.2 Å². The van der Waals surface area contributed by atoms with Crippen LogP contribution < -0.4 is 5.32 Å². The lowest BCUT2D eigenvalue weighted by Gasteiger charge is -2.15. The Morgan fingerprint density at radius 2 is 2.05 bits per heavy atom. The number of halogens is 1. The van der Waals surface area contributed by atoms with Gasteiger partial charge in [0.05, 0.1) is 16.4 Å². The van der Waals surface area contributed by atoms with Gasteiger partial charge in [0.25, 0.3) is 0 Å². The Bertz CT molecular complexity index is 648. The van der Waals surface area contributed by atoms with Gasteiger partial charge < -0.3 is 5.32 Å². The molecular weight excluding hydrogens is 304 g/mol. The number of hydrogen-bond donors (Lipinski definition) is 1. The van der Waals surface area contributed by atoms with Crippen LogP contribution in [-0.4, -0.2) is 5.91 Å². The highest BCUT2D eigenvalue weighted by Gasteiger charge is 2.21. The van der Waals surface area contributed by atoms with Gasteiger partial charge in [-0.3, -0.25) is 4.79 Å². The van der Waals surface area contributed by atoms with Gasteiger partial charge in [-0.25, -0.2) is 0 Å². The maximum absolute atomic E-state index is 12.2. The average Bonchev–Trinajstić information content (AvgIpc) is 2.92. The highest BCUT2D eigenvalue weighted by atomic mass is 35.5. The van der Waals surface area contributed by atoms with Crippen LogP contribution >= 0.6 is 22.9 Å². The van der Waals surface area contributed by atoms with Crippen molar-refractivity contribution in [2.24, 2.45) is 5.92 Å². The molecule has 1 N–H and O–H groups in total. The number of benzene rings is 1.